The Kier molecular flexibility index (Phi) is 10.7. The van der Waals surface area contributed by atoms with Crippen molar-refractivity contribution in [2.45, 2.75) is 110 Å². The molecule has 4 aromatic carbocycles. The largest absolute Gasteiger partial charge is 0.478 e. The molecule has 0 amide bonds. The molecule has 0 aromatic heterocycles. The Bertz CT molecular complexity index is 3250. The van der Waals surface area contributed by atoms with Crippen molar-refractivity contribution in [1.82, 2.24) is 0 Å². The maximum Gasteiger partial charge on any atom is 0.335 e. The van der Waals surface area contributed by atoms with Crippen molar-refractivity contribution < 1.29 is 49.0 Å². The lowest BCUT2D eigenvalue weighted by atomic mass is 9.70. The first-order chi connectivity index (χ1) is 32.9. The monoisotopic (exact) mass is 944 g/mol. The van der Waals surface area contributed by atoms with Crippen LogP contribution in [0.1, 0.15) is 107 Å². The maximum absolute atomic E-state index is 14.2. The molecule has 10 rings (SSSR count). The van der Waals surface area contributed by atoms with Crippen molar-refractivity contribution in [3.8, 4) is 0 Å². The lowest BCUT2D eigenvalue weighted by molar-refractivity contribution is -0.433. The van der Waals surface area contributed by atoms with Gasteiger partial charge >= 0.3 is 5.97 Å². The van der Waals surface area contributed by atoms with Crippen molar-refractivity contribution in [2.24, 2.45) is 11.8 Å². The van der Waals surface area contributed by atoms with Gasteiger partial charge in [0.05, 0.1) is 51.2 Å². The Morgan fingerprint density at radius 2 is 1.06 bits per heavy atom. The van der Waals surface area contributed by atoms with Gasteiger partial charge in [-0.3, -0.25) is 14.8 Å². The maximum atomic E-state index is 14.2. The third-order valence-electron chi connectivity index (χ3n) is 16.9. The van der Waals surface area contributed by atoms with Crippen molar-refractivity contribution in [2.75, 3.05) is 37.0 Å². The van der Waals surface area contributed by atoms with E-state index in [1.54, 1.807) is 18.2 Å². The standard InChI is InChI=1S/C58H62N4O8/c1-13-61-46(27-36-50(63)34(51(36)64)25-44-57(7,8)40-23-30(29-70-69)15-21-42(40)59(44)11)55(3,4)38-19-17-33-32(48(38)61)18-20-39-49(33)62(14-2)47(56(39,5)6)28-37-52(65)35(53(37)66)26-45-58(9,10)41-24-31(54(67)68)16-22-43(41)60(45)12/h15-28,34-35,50,52,63,65H,13-14,29H2,1-12H3/p+2. The zero-order chi connectivity index (χ0) is 50.5. The van der Waals surface area contributed by atoms with Crippen LogP contribution in [0.2, 0.25) is 0 Å². The van der Waals surface area contributed by atoms with Crippen molar-refractivity contribution in [3.63, 3.8) is 0 Å². The first kappa shape index (κ1) is 47.4. The minimum Gasteiger partial charge on any atom is -0.478 e. The minimum absolute atomic E-state index is 0.0750. The summed E-state index contributed by atoms with van der Waals surface area (Å²) in [6.45, 7) is 22.5. The van der Waals surface area contributed by atoms with Gasteiger partial charge in [-0.1, -0.05) is 64.1 Å². The van der Waals surface area contributed by atoms with E-state index in [9.17, 15) is 29.7 Å². The van der Waals surface area contributed by atoms with Crippen LogP contribution in [0.4, 0.5) is 22.7 Å². The fourth-order valence-corrected chi connectivity index (χ4v) is 12.8. The van der Waals surface area contributed by atoms with E-state index in [0.717, 1.165) is 84.2 Å². The highest BCUT2D eigenvalue weighted by molar-refractivity contribution is 6.18. The summed E-state index contributed by atoms with van der Waals surface area (Å²) in [6, 6.07) is 19.8. The number of carboxylic acids is 1. The molecule has 4 unspecified atom stereocenters. The van der Waals surface area contributed by atoms with E-state index in [-0.39, 0.29) is 23.7 Å². The number of aromatic carboxylic acids is 1. The van der Waals surface area contributed by atoms with Gasteiger partial charge in [-0.05, 0) is 94.6 Å². The van der Waals surface area contributed by atoms with Gasteiger partial charge in [0.1, 0.15) is 19.7 Å². The van der Waals surface area contributed by atoms with Gasteiger partial charge < -0.3 is 25.1 Å². The Labute approximate surface area is 409 Å². The molecule has 4 atom stereocenters. The number of hydrogen-bond donors (Lipinski definition) is 4. The number of aliphatic hydroxyl groups is 2. The van der Waals surface area contributed by atoms with Gasteiger partial charge in [0, 0.05) is 82.1 Å². The molecule has 362 valence electrons. The zero-order valence-electron chi connectivity index (χ0n) is 42.2. The molecule has 0 radical (unpaired) electrons. The molecule has 4 aliphatic heterocycles. The first-order valence-corrected chi connectivity index (χ1v) is 24.4. The molecule has 0 bridgehead atoms. The molecule has 4 heterocycles. The molecule has 2 saturated carbocycles. The molecule has 2 aliphatic carbocycles. The van der Waals surface area contributed by atoms with E-state index in [4.69, 9.17) is 5.26 Å². The number of rotatable bonds is 9. The summed E-state index contributed by atoms with van der Waals surface area (Å²) in [6.07, 6.45) is 5.62. The average molecular weight is 945 g/mol. The molecular weight excluding hydrogens is 881 g/mol. The molecule has 70 heavy (non-hydrogen) atoms. The molecule has 12 heteroatoms. The molecular formula is C58H64N4O8+2. The summed E-state index contributed by atoms with van der Waals surface area (Å²) >= 11 is 0. The van der Waals surface area contributed by atoms with Crippen LogP contribution in [-0.4, -0.2) is 98.1 Å². The zero-order valence-corrected chi connectivity index (χ0v) is 42.2. The van der Waals surface area contributed by atoms with Crippen molar-refractivity contribution >= 4 is 62.5 Å². The quantitative estimate of drug-likeness (QED) is 0.0554. The van der Waals surface area contributed by atoms with Gasteiger partial charge in [0.25, 0.3) is 0 Å². The van der Waals surface area contributed by atoms with Crippen LogP contribution in [0.15, 0.2) is 108 Å². The van der Waals surface area contributed by atoms with Crippen molar-refractivity contribution in [3.05, 3.63) is 141 Å². The molecule has 4 N–H and O–H groups in total. The summed E-state index contributed by atoms with van der Waals surface area (Å²) in [4.78, 5) is 48.6. The number of hydrogen-bond acceptors (Lipinski definition) is 9. The van der Waals surface area contributed by atoms with Crippen LogP contribution in [0.3, 0.4) is 0 Å². The predicted molar refractivity (Wildman–Crippen MR) is 272 cm³/mol. The van der Waals surface area contributed by atoms with Crippen LogP contribution in [0.25, 0.3) is 10.8 Å². The van der Waals surface area contributed by atoms with Crippen LogP contribution in [0, 0.1) is 11.8 Å². The number of carbonyl (C=O) groups excluding carboxylic acids is 2. The van der Waals surface area contributed by atoms with Gasteiger partial charge in [-0.2, -0.15) is 9.15 Å². The SMILES string of the molecule is CC[N+]1=C(C=C2C(=O)C(C=C3N(C)c4ccc(COO)cc4C3(C)C)C2O)C(C)(C)c2ccc3c4c(ccc3c21)C(C)(C)C(C=C1C(=O)C(C=C2N(C)c3ccc(C(=O)O)cc3C2(C)C)C1O)=[N+]4CC. The smallest absolute Gasteiger partial charge is 0.335 e. The number of carbonyl (C=O) groups is 3. The Morgan fingerprint density at radius 1 is 0.629 bits per heavy atom. The topological polar surface area (TPSA) is 154 Å². The average Bonchev–Trinajstić information content (AvgIpc) is 3.84. The summed E-state index contributed by atoms with van der Waals surface area (Å²) in [5.41, 5.74) is 11.6. The summed E-state index contributed by atoms with van der Waals surface area (Å²) in [5, 5.41) is 44.4. The number of nitrogens with zero attached hydrogens (tertiary/aromatic N) is 4. The van der Waals surface area contributed by atoms with Gasteiger partial charge in [-0.15, -0.1) is 0 Å². The van der Waals surface area contributed by atoms with E-state index in [1.165, 1.54) is 0 Å². The van der Waals surface area contributed by atoms with E-state index in [2.05, 4.69) is 98.6 Å². The van der Waals surface area contributed by atoms with Crippen LogP contribution >= 0.6 is 0 Å². The third kappa shape index (κ3) is 6.38. The van der Waals surface area contributed by atoms with Gasteiger partial charge in [0.2, 0.25) is 11.4 Å². The van der Waals surface area contributed by atoms with E-state index in [1.807, 2.05) is 75.3 Å². The number of benzene rings is 4. The Hall–Kier alpha value is -6.31. The lowest BCUT2D eigenvalue weighted by Gasteiger charge is -2.35. The van der Waals surface area contributed by atoms with E-state index in [0.29, 0.717) is 24.2 Å². The van der Waals surface area contributed by atoms with Crippen LogP contribution in [0.5, 0.6) is 0 Å². The summed E-state index contributed by atoms with van der Waals surface area (Å²) in [7, 11) is 3.89. The normalized spacial score (nSPS) is 26.7. The summed E-state index contributed by atoms with van der Waals surface area (Å²) < 4.78 is 4.56. The van der Waals surface area contributed by atoms with E-state index < -0.39 is 51.7 Å². The highest BCUT2D eigenvalue weighted by Crippen LogP contribution is 2.53. The predicted octanol–water partition coefficient (Wildman–Crippen LogP) is 8.92. The van der Waals surface area contributed by atoms with Crippen LogP contribution in [-0.2, 0) is 42.7 Å². The Morgan fingerprint density at radius 3 is 1.46 bits per heavy atom. The van der Waals surface area contributed by atoms with Crippen molar-refractivity contribution in [1.29, 1.82) is 0 Å². The molecule has 0 spiro atoms. The van der Waals surface area contributed by atoms with Crippen LogP contribution < -0.4 is 9.80 Å². The molecule has 2 fully saturated rings. The number of carboxylic acid groups (broad SMARTS) is 1. The van der Waals surface area contributed by atoms with E-state index >= 15 is 0 Å². The fourth-order valence-electron chi connectivity index (χ4n) is 12.8. The molecule has 6 aliphatic rings. The highest BCUT2D eigenvalue weighted by atomic mass is 17.1. The van der Waals surface area contributed by atoms with Gasteiger partial charge in [0.15, 0.2) is 23.0 Å². The number of ketones is 2. The van der Waals surface area contributed by atoms with Gasteiger partial charge in [-0.25, -0.2) is 9.68 Å². The second-order valence-corrected chi connectivity index (χ2v) is 22.0. The first-order valence-electron chi connectivity index (χ1n) is 24.4. The minimum atomic E-state index is -1.01. The molecule has 12 nitrogen and oxygen atoms in total. The second kappa shape index (κ2) is 15.8. The third-order valence-corrected chi connectivity index (χ3v) is 16.9. The molecule has 0 saturated heterocycles. The summed E-state index contributed by atoms with van der Waals surface area (Å²) in [5.74, 6) is -2.67. The number of Topliss-reactive ketones (excluding diaryl/α,β-unsaturated/α-hetero) is 2. The lowest BCUT2D eigenvalue weighted by Crippen LogP contribution is -2.46. The number of likely N-dealkylation sites (N-methyl/N-ethyl adjacent to an activating group) is 2. The molecule has 4 aromatic rings. The number of anilines is 2. The second-order valence-electron chi connectivity index (χ2n) is 22.0. The highest BCUT2D eigenvalue weighted by Gasteiger charge is 2.54. The fraction of sp³-hybridized carbons (Fsp3) is 0.397. The number of aliphatic hydroxyl groups excluding tert-OH is 2. The Balaban J connectivity index is 0.979. The number of fused-ring (bicyclic) bond motifs is 7. The number of allylic oxidation sites excluding steroid dienone is 4.